The molecule has 1 aromatic rings. The molecule has 0 aromatic heterocycles. The summed E-state index contributed by atoms with van der Waals surface area (Å²) in [6, 6.07) is 3.60. The van der Waals surface area contributed by atoms with Crippen molar-refractivity contribution in [2.45, 2.75) is 26.2 Å². The van der Waals surface area contributed by atoms with E-state index >= 15 is 0 Å². The summed E-state index contributed by atoms with van der Waals surface area (Å²) in [5.74, 6) is 1.11. The Bertz CT molecular complexity index is 528. The van der Waals surface area contributed by atoms with E-state index in [2.05, 4.69) is 12.2 Å². The largest absolute Gasteiger partial charge is 0.489 e. The van der Waals surface area contributed by atoms with E-state index in [-0.39, 0.29) is 5.91 Å². The van der Waals surface area contributed by atoms with E-state index in [1.54, 1.807) is 12.1 Å². The van der Waals surface area contributed by atoms with Gasteiger partial charge < -0.3 is 14.8 Å². The minimum absolute atomic E-state index is 0.105. The highest BCUT2D eigenvalue weighted by Crippen LogP contribution is 2.38. The molecule has 4 nitrogen and oxygen atoms in total. The van der Waals surface area contributed by atoms with Crippen molar-refractivity contribution in [3.05, 3.63) is 28.8 Å². The predicted molar refractivity (Wildman–Crippen MR) is 84.0 cm³/mol. The first kappa shape index (κ1) is 15.7. The van der Waals surface area contributed by atoms with Crippen molar-refractivity contribution in [2.24, 2.45) is 0 Å². The smallest absolute Gasteiger partial charge is 0.243 e. The van der Waals surface area contributed by atoms with Crippen LogP contribution in [0, 0.1) is 0 Å². The molecule has 114 valence electrons. The van der Waals surface area contributed by atoms with Crippen molar-refractivity contribution in [3.63, 3.8) is 0 Å². The maximum atomic E-state index is 11.6. The molecule has 2 rings (SSSR count). The minimum atomic E-state index is -0.105. The standard InChI is InChI=1S/C16H20ClNO3/c1-2-3-7-18-15(19)6-5-12-10-13(17)16-14(11-12)20-8-4-9-21-16/h5-6,10-11H,2-4,7-9H2,1H3,(H,18,19). The van der Waals surface area contributed by atoms with Gasteiger partial charge >= 0.3 is 0 Å². The molecule has 1 aliphatic rings. The van der Waals surface area contributed by atoms with Crippen molar-refractivity contribution in [2.75, 3.05) is 19.8 Å². The van der Waals surface area contributed by atoms with Crippen LogP contribution in [0.1, 0.15) is 31.7 Å². The predicted octanol–water partition coefficient (Wildman–Crippen LogP) is 3.43. The maximum Gasteiger partial charge on any atom is 0.243 e. The molecular weight excluding hydrogens is 290 g/mol. The summed E-state index contributed by atoms with van der Waals surface area (Å²) in [6.07, 6.45) is 6.10. The van der Waals surface area contributed by atoms with Gasteiger partial charge in [-0.25, -0.2) is 0 Å². The summed E-state index contributed by atoms with van der Waals surface area (Å²) >= 11 is 6.20. The van der Waals surface area contributed by atoms with Crippen LogP contribution in [-0.4, -0.2) is 25.7 Å². The molecule has 0 saturated heterocycles. The van der Waals surface area contributed by atoms with Gasteiger partial charge in [0, 0.05) is 19.0 Å². The van der Waals surface area contributed by atoms with Crippen LogP contribution in [-0.2, 0) is 4.79 Å². The van der Waals surface area contributed by atoms with Gasteiger partial charge in [0.2, 0.25) is 5.91 Å². The zero-order valence-corrected chi connectivity index (χ0v) is 12.9. The summed E-state index contributed by atoms with van der Waals surface area (Å²) in [6.45, 7) is 3.99. The Morgan fingerprint density at radius 3 is 3.00 bits per heavy atom. The molecule has 0 fully saturated rings. The molecule has 5 heteroatoms. The van der Waals surface area contributed by atoms with Crippen LogP contribution in [0.25, 0.3) is 6.08 Å². The molecule has 0 unspecified atom stereocenters. The first-order valence-corrected chi connectivity index (χ1v) is 7.63. The highest BCUT2D eigenvalue weighted by molar-refractivity contribution is 6.32. The van der Waals surface area contributed by atoms with Crippen LogP contribution in [0.15, 0.2) is 18.2 Å². The van der Waals surface area contributed by atoms with Gasteiger partial charge in [0.1, 0.15) is 0 Å². The third kappa shape index (κ3) is 4.67. The Morgan fingerprint density at radius 1 is 1.38 bits per heavy atom. The average Bonchev–Trinajstić information content (AvgIpc) is 2.71. The number of carbonyl (C=O) groups excluding carboxylic acids is 1. The van der Waals surface area contributed by atoms with Crippen LogP contribution in [0.5, 0.6) is 11.5 Å². The molecule has 1 amide bonds. The zero-order chi connectivity index (χ0) is 15.1. The fourth-order valence-corrected chi connectivity index (χ4v) is 2.24. The Hall–Kier alpha value is -1.68. The summed E-state index contributed by atoms with van der Waals surface area (Å²) in [5, 5.41) is 3.33. The summed E-state index contributed by atoms with van der Waals surface area (Å²) in [4.78, 5) is 11.6. The van der Waals surface area contributed by atoms with Gasteiger partial charge in [0.05, 0.1) is 18.2 Å². The van der Waals surface area contributed by atoms with E-state index in [9.17, 15) is 4.79 Å². The van der Waals surface area contributed by atoms with Gasteiger partial charge in [0.15, 0.2) is 11.5 Å². The van der Waals surface area contributed by atoms with E-state index in [1.807, 2.05) is 6.07 Å². The lowest BCUT2D eigenvalue weighted by Gasteiger charge is -2.09. The number of ether oxygens (including phenoxy) is 2. The average molecular weight is 310 g/mol. The Kier molecular flexibility index (Phi) is 5.93. The number of unbranched alkanes of at least 4 members (excludes halogenated alkanes) is 1. The molecule has 0 aliphatic carbocycles. The Morgan fingerprint density at radius 2 is 2.19 bits per heavy atom. The zero-order valence-electron chi connectivity index (χ0n) is 12.2. The molecule has 1 heterocycles. The normalized spacial score (nSPS) is 14.0. The van der Waals surface area contributed by atoms with Gasteiger partial charge in [0.25, 0.3) is 0 Å². The highest BCUT2D eigenvalue weighted by Gasteiger charge is 2.14. The van der Waals surface area contributed by atoms with Crippen molar-refractivity contribution >= 4 is 23.6 Å². The van der Waals surface area contributed by atoms with Gasteiger partial charge in [-0.1, -0.05) is 24.9 Å². The van der Waals surface area contributed by atoms with Crippen LogP contribution < -0.4 is 14.8 Å². The van der Waals surface area contributed by atoms with Crippen molar-refractivity contribution in [3.8, 4) is 11.5 Å². The molecule has 0 saturated carbocycles. The monoisotopic (exact) mass is 309 g/mol. The first-order chi connectivity index (χ1) is 10.2. The van der Waals surface area contributed by atoms with Crippen molar-refractivity contribution in [1.29, 1.82) is 0 Å². The van der Waals surface area contributed by atoms with Crippen LogP contribution in [0.3, 0.4) is 0 Å². The SMILES string of the molecule is CCCCNC(=O)C=Cc1cc(Cl)c2c(c1)OCCCO2. The topological polar surface area (TPSA) is 47.6 Å². The number of hydrogen-bond acceptors (Lipinski definition) is 3. The maximum absolute atomic E-state index is 11.6. The van der Waals surface area contributed by atoms with Crippen LogP contribution >= 0.6 is 11.6 Å². The number of benzene rings is 1. The van der Waals surface area contributed by atoms with Gasteiger partial charge in [-0.3, -0.25) is 4.79 Å². The number of halogens is 1. The number of rotatable bonds is 5. The second-order valence-corrected chi connectivity index (χ2v) is 5.27. The fraction of sp³-hybridized carbons (Fsp3) is 0.438. The van der Waals surface area contributed by atoms with Gasteiger partial charge in [-0.05, 0) is 30.2 Å². The number of carbonyl (C=O) groups is 1. The molecule has 0 spiro atoms. The molecule has 0 bridgehead atoms. The molecule has 1 aromatic carbocycles. The molecule has 1 aliphatic heterocycles. The van der Waals surface area contributed by atoms with Crippen LogP contribution in [0.2, 0.25) is 5.02 Å². The molecular formula is C16H20ClNO3. The first-order valence-electron chi connectivity index (χ1n) is 7.25. The lowest BCUT2D eigenvalue weighted by atomic mass is 10.2. The number of amides is 1. The lowest BCUT2D eigenvalue weighted by Crippen LogP contribution is -2.21. The minimum Gasteiger partial charge on any atom is -0.489 e. The van der Waals surface area contributed by atoms with E-state index in [0.717, 1.165) is 24.8 Å². The third-order valence-corrected chi connectivity index (χ3v) is 3.36. The van der Waals surface area contributed by atoms with E-state index < -0.39 is 0 Å². The van der Waals surface area contributed by atoms with Gasteiger partial charge in [-0.2, -0.15) is 0 Å². The highest BCUT2D eigenvalue weighted by atomic mass is 35.5. The summed E-state index contributed by atoms with van der Waals surface area (Å²) < 4.78 is 11.2. The molecule has 0 radical (unpaired) electrons. The fourth-order valence-electron chi connectivity index (χ4n) is 1.97. The molecule has 21 heavy (non-hydrogen) atoms. The van der Waals surface area contributed by atoms with Crippen molar-refractivity contribution in [1.82, 2.24) is 5.32 Å². The summed E-state index contributed by atoms with van der Waals surface area (Å²) in [7, 11) is 0. The third-order valence-electron chi connectivity index (χ3n) is 3.08. The lowest BCUT2D eigenvalue weighted by molar-refractivity contribution is -0.116. The second kappa shape index (κ2) is 7.93. The second-order valence-electron chi connectivity index (χ2n) is 4.86. The summed E-state index contributed by atoms with van der Waals surface area (Å²) in [5.41, 5.74) is 0.815. The van der Waals surface area contributed by atoms with E-state index in [0.29, 0.717) is 36.3 Å². The van der Waals surface area contributed by atoms with Crippen LogP contribution in [0.4, 0.5) is 0 Å². The molecule has 0 atom stereocenters. The number of nitrogens with one attached hydrogen (secondary N) is 1. The Balaban J connectivity index is 2.05. The number of fused-ring (bicyclic) bond motifs is 1. The van der Waals surface area contributed by atoms with E-state index in [1.165, 1.54) is 6.08 Å². The molecule has 1 N–H and O–H groups in total. The number of hydrogen-bond donors (Lipinski definition) is 1. The van der Waals surface area contributed by atoms with E-state index in [4.69, 9.17) is 21.1 Å². The van der Waals surface area contributed by atoms with Gasteiger partial charge in [-0.15, -0.1) is 0 Å². The quantitative estimate of drug-likeness (QED) is 0.669. The Labute approximate surface area is 130 Å². The van der Waals surface area contributed by atoms with Crippen molar-refractivity contribution < 1.29 is 14.3 Å².